The molecule has 0 amide bonds. The Morgan fingerprint density at radius 1 is 1.40 bits per heavy atom. The smallest absolute Gasteiger partial charge is 0.0745 e. The number of hydrogen-bond acceptors (Lipinski definition) is 2. The summed E-state index contributed by atoms with van der Waals surface area (Å²) in [7, 11) is 0. The summed E-state index contributed by atoms with van der Waals surface area (Å²) in [4.78, 5) is 0. The van der Waals surface area contributed by atoms with Crippen molar-refractivity contribution >= 4 is 0 Å². The van der Waals surface area contributed by atoms with Crippen molar-refractivity contribution in [2.45, 2.75) is 19.4 Å². The van der Waals surface area contributed by atoms with E-state index in [1.807, 2.05) is 19.1 Å². The average Bonchev–Trinajstić information content (AvgIpc) is 1.89. The van der Waals surface area contributed by atoms with Gasteiger partial charge >= 0.3 is 0 Å². The number of rotatable bonds is 4. The Hall–Kier alpha value is -0.600. The maximum Gasteiger partial charge on any atom is 0.0745 e. The summed E-state index contributed by atoms with van der Waals surface area (Å²) in [6.07, 6.45) is 7.02. The predicted molar refractivity (Wildman–Crippen MR) is 41.7 cm³/mol. The van der Waals surface area contributed by atoms with Crippen LogP contribution in [-0.2, 0) is 0 Å². The molecule has 1 unspecified atom stereocenters. The third-order valence-corrected chi connectivity index (χ3v) is 1.06. The number of aliphatic hydroxyl groups excluding tert-OH is 2. The lowest BCUT2D eigenvalue weighted by Gasteiger charge is -1.99. The Labute approximate surface area is 61.5 Å². The topological polar surface area (TPSA) is 40.5 Å². The zero-order valence-corrected chi connectivity index (χ0v) is 6.20. The van der Waals surface area contributed by atoms with E-state index in [-0.39, 0.29) is 6.61 Å². The summed E-state index contributed by atoms with van der Waals surface area (Å²) in [5, 5.41) is 17.4. The van der Waals surface area contributed by atoms with Crippen LogP contribution in [-0.4, -0.2) is 22.9 Å². The Balaban J connectivity index is 3.44. The van der Waals surface area contributed by atoms with Crippen LogP contribution in [0.3, 0.4) is 0 Å². The van der Waals surface area contributed by atoms with E-state index >= 15 is 0 Å². The molecule has 0 bridgehead atoms. The van der Waals surface area contributed by atoms with Crippen LogP contribution < -0.4 is 0 Å². The summed E-state index contributed by atoms with van der Waals surface area (Å²) in [6.45, 7) is 1.93. The largest absolute Gasteiger partial charge is 0.396 e. The number of allylic oxidation sites excluding steroid dienone is 3. The van der Waals surface area contributed by atoms with Crippen LogP contribution in [0.15, 0.2) is 24.3 Å². The lowest BCUT2D eigenvalue weighted by molar-refractivity contribution is 0.170. The fraction of sp³-hybridized carbons (Fsp3) is 0.500. The maximum atomic E-state index is 9.00. The van der Waals surface area contributed by atoms with Crippen LogP contribution in [0.2, 0.25) is 0 Å². The first kappa shape index (κ1) is 9.40. The molecule has 0 saturated carbocycles. The Morgan fingerprint density at radius 3 is 2.60 bits per heavy atom. The van der Waals surface area contributed by atoms with Gasteiger partial charge in [-0.15, -0.1) is 0 Å². The molecule has 58 valence electrons. The average molecular weight is 142 g/mol. The zero-order chi connectivity index (χ0) is 7.82. The highest BCUT2D eigenvalue weighted by atomic mass is 16.3. The van der Waals surface area contributed by atoms with Gasteiger partial charge in [0.1, 0.15) is 0 Å². The minimum atomic E-state index is -0.513. The normalized spacial score (nSPS) is 15.1. The van der Waals surface area contributed by atoms with Crippen molar-refractivity contribution in [2.24, 2.45) is 0 Å². The van der Waals surface area contributed by atoms with Gasteiger partial charge in [-0.2, -0.15) is 0 Å². The molecule has 2 N–H and O–H groups in total. The van der Waals surface area contributed by atoms with Crippen LogP contribution in [0.4, 0.5) is 0 Å². The molecule has 0 aromatic carbocycles. The molecule has 0 rings (SSSR count). The van der Waals surface area contributed by atoms with E-state index in [0.717, 1.165) is 0 Å². The molecule has 0 aromatic rings. The lowest BCUT2D eigenvalue weighted by atomic mass is 10.2. The predicted octanol–water partition coefficient (Wildman–Crippen LogP) is 0.862. The third-order valence-electron chi connectivity index (χ3n) is 1.06. The molecular formula is C8H14O2. The minimum Gasteiger partial charge on any atom is -0.396 e. The fourth-order valence-electron chi connectivity index (χ4n) is 0.532. The highest BCUT2D eigenvalue weighted by molar-refractivity contribution is 5.03. The second-order valence-electron chi connectivity index (χ2n) is 1.99. The molecule has 10 heavy (non-hydrogen) atoms. The molecule has 0 radical (unpaired) electrons. The van der Waals surface area contributed by atoms with Crippen LogP contribution >= 0.6 is 0 Å². The Bertz CT molecular complexity index is 116. The van der Waals surface area contributed by atoms with Crippen molar-refractivity contribution in [3.63, 3.8) is 0 Å². The van der Waals surface area contributed by atoms with E-state index in [4.69, 9.17) is 10.2 Å². The van der Waals surface area contributed by atoms with Crippen molar-refractivity contribution in [1.29, 1.82) is 0 Å². The highest BCUT2D eigenvalue weighted by Crippen LogP contribution is 1.91. The molecule has 2 heteroatoms. The van der Waals surface area contributed by atoms with Gasteiger partial charge in [0.05, 0.1) is 6.10 Å². The van der Waals surface area contributed by atoms with Gasteiger partial charge in [0.25, 0.3) is 0 Å². The summed E-state index contributed by atoms with van der Waals surface area (Å²) in [5.74, 6) is 0. The van der Waals surface area contributed by atoms with E-state index in [1.165, 1.54) is 0 Å². The van der Waals surface area contributed by atoms with Gasteiger partial charge in [-0.05, 0) is 13.3 Å². The highest BCUT2D eigenvalue weighted by Gasteiger charge is 1.93. The van der Waals surface area contributed by atoms with Gasteiger partial charge in [-0.1, -0.05) is 24.3 Å². The minimum absolute atomic E-state index is 0.0291. The van der Waals surface area contributed by atoms with Gasteiger partial charge in [0.2, 0.25) is 0 Å². The Kier molecular flexibility index (Phi) is 6.13. The summed E-state index contributed by atoms with van der Waals surface area (Å²) < 4.78 is 0. The molecule has 0 fully saturated rings. The molecule has 0 saturated heterocycles. The van der Waals surface area contributed by atoms with Crippen molar-refractivity contribution < 1.29 is 10.2 Å². The van der Waals surface area contributed by atoms with Gasteiger partial charge < -0.3 is 10.2 Å². The van der Waals surface area contributed by atoms with Crippen LogP contribution in [0.5, 0.6) is 0 Å². The molecule has 0 spiro atoms. The van der Waals surface area contributed by atoms with Crippen LogP contribution in [0.25, 0.3) is 0 Å². The molecule has 1 atom stereocenters. The quantitative estimate of drug-likeness (QED) is 0.571. The van der Waals surface area contributed by atoms with Gasteiger partial charge in [-0.3, -0.25) is 0 Å². The third kappa shape index (κ3) is 5.54. The lowest BCUT2D eigenvalue weighted by Crippen LogP contribution is -2.03. The molecule has 0 aliphatic carbocycles. The van der Waals surface area contributed by atoms with Gasteiger partial charge in [-0.25, -0.2) is 0 Å². The molecule has 0 aliphatic heterocycles. The number of hydrogen-bond donors (Lipinski definition) is 2. The molecule has 0 aliphatic rings. The maximum absolute atomic E-state index is 9.00. The standard InChI is InChI=1S/C8H14O2/c1-2-3-4-5-8(10)6-7-9/h2-5,8-10H,6-7H2,1H3. The van der Waals surface area contributed by atoms with Crippen molar-refractivity contribution in [1.82, 2.24) is 0 Å². The summed E-state index contributed by atoms with van der Waals surface area (Å²) in [6, 6.07) is 0. The van der Waals surface area contributed by atoms with Crippen molar-refractivity contribution in [2.75, 3.05) is 6.61 Å². The molecular weight excluding hydrogens is 128 g/mol. The summed E-state index contributed by atoms with van der Waals surface area (Å²) >= 11 is 0. The van der Waals surface area contributed by atoms with E-state index in [2.05, 4.69) is 0 Å². The van der Waals surface area contributed by atoms with E-state index in [9.17, 15) is 0 Å². The van der Waals surface area contributed by atoms with Crippen LogP contribution in [0.1, 0.15) is 13.3 Å². The fourth-order valence-corrected chi connectivity index (χ4v) is 0.532. The first-order valence-electron chi connectivity index (χ1n) is 3.39. The Morgan fingerprint density at radius 2 is 2.10 bits per heavy atom. The second-order valence-corrected chi connectivity index (χ2v) is 1.99. The SMILES string of the molecule is CC=CC=CC(O)CCO. The number of aliphatic hydroxyl groups is 2. The first-order valence-corrected chi connectivity index (χ1v) is 3.39. The van der Waals surface area contributed by atoms with Gasteiger partial charge in [0, 0.05) is 6.61 Å². The van der Waals surface area contributed by atoms with Crippen LogP contribution in [0, 0.1) is 0 Å². The molecule has 0 aromatic heterocycles. The zero-order valence-electron chi connectivity index (χ0n) is 6.20. The van der Waals surface area contributed by atoms with Gasteiger partial charge in [0.15, 0.2) is 0 Å². The molecule has 2 nitrogen and oxygen atoms in total. The van der Waals surface area contributed by atoms with Crippen molar-refractivity contribution in [3.05, 3.63) is 24.3 Å². The van der Waals surface area contributed by atoms with Crippen molar-refractivity contribution in [3.8, 4) is 0 Å². The summed E-state index contributed by atoms with van der Waals surface area (Å²) in [5.41, 5.74) is 0. The van der Waals surface area contributed by atoms with E-state index in [1.54, 1.807) is 12.2 Å². The monoisotopic (exact) mass is 142 g/mol. The second kappa shape index (κ2) is 6.52. The van der Waals surface area contributed by atoms with E-state index in [0.29, 0.717) is 6.42 Å². The first-order chi connectivity index (χ1) is 4.81. The molecule has 0 heterocycles. The van der Waals surface area contributed by atoms with E-state index < -0.39 is 6.10 Å².